The van der Waals surface area contributed by atoms with Crippen LogP contribution >= 0.6 is 0 Å². The largest absolute Gasteiger partial charge is 0.481 e. The molecule has 1 aromatic heterocycles. The van der Waals surface area contributed by atoms with Crippen molar-refractivity contribution in [1.82, 2.24) is 9.97 Å². The second-order valence-electron chi connectivity index (χ2n) is 8.63. The third-order valence-corrected chi connectivity index (χ3v) is 6.81. The second kappa shape index (κ2) is 5.75. The van der Waals surface area contributed by atoms with Crippen LogP contribution in [0.3, 0.4) is 0 Å². The van der Waals surface area contributed by atoms with Gasteiger partial charge in [0.2, 0.25) is 5.95 Å². The summed E-state index contributed by atoms with van der Waals surface area (Å²) >= 11 is 0. The molecule has 0 radical (unpaired) electrons. The summed E-state index contributed by atoms with van der Waals surface area (Å²) in [5.74, 6) is -2.39. The van der Waals surface area contributed by atoms with Gasteiger partial charge < -0.3 is 14.9 Å². The Morgan fingerprint density at radius 3 is 2.48 bits per heavy atom. The summed E-state index contributed by atoms with van der Waals surface area (Å²) in [6, 6.07) is 1.73. The van der Waals surface area contributed by atoms with E-state index >= 15 is 0 Å². The predicted molar refractivity (Wildman–Crippen MR) is 95.0 cm³/mol. The van der Waals surface area contributed by atoms with Gasteiger partial charge in [-0.15, -0.1) is 0 Å². The molecule has 2 saturated carbocycles. The molecule has 2 aliphatic heterocycles. The molecule has 0 aromatic carbocycles. The van der Waals surface area contributed by atoms with E-state index in [0.29, 0.717) is 49.5 Å². The van der Waals surface area contributed by atoms with Crippen molar-refractivity contribution >= 4 is 17.7 Å². The minimum atomic E-state index is -2.91. The summed E-state index contributed by atoms with van der Waals surface area (Å²) in [6.45, 7) is 4.25. The quantitative estimate of drug-likeness (QED) is 0.821. The number of rotatable bonds is 6. The third kappa shape index (κ3) is 2.84. The first-order chi connectivity index (χ1) is 12.8. The van der Waals surface area contributed by atoms with E-state index in [1.807, 2.05) is 9.80 Å². The Morgan fingerprint density at radius 1 is 1.26 bits per heavy atom. The van der Waals surface area contributed by atoms with Crippen molar-refractivity contribution in [3.63, 3.8) is 0 Å². The maximum Gasteiger partial charge on any atom is 0.303 e. The molecule has 27 heavy (non-hydrogen) atoms. The Hall–Kier alpha value is -1.99. The van der Waals surface area contributed by atoms with Gasteiger partial charge in [0.25, 0.3) is 5.92 Å². The number of hydrogen-bond acceptors (Lipinski definition) is 5. The lowest BCUT2D eigenvalue weighted by molar-refractivity contribution is -0.137. The van der Waals surface area contributed by atoms with Gasteiger partial charge in [-0.05, 0) is 43.9 Å². The van der Waals surface area contributed by atoms with E-state index in [1.54, 1.807) is 0 Å². The average molecular weight is 378 g/mol. The van der Waals surface area contributed by atoms with Gasteiger partial charge in [-0.25, -0.2) is 4.98 Å². The molecule has 6 nitrogen and oxygen atoms in total. The molecule has 0 bridgehead atoms. The molecule has 3 heterocycles. The molecule has 0 spiro atoms. The molecule has 0 amide bonds. The van der Waals surface area contributed by atoms with Gasteiger partial charge in [0, 0.05) is 44.1 Å². The smallest absolute Gasteiger partial charge is 0.303 e. The number of fused-ring (bicyclic) bond motifs is 1. The number of anilines is 2. The topological polar surface area (TPSA) is 69.6 Å². The van der Waals surface area contributed by atoms with Gasteiger partial charge in [-0.3, -0.25) is 4.79 Å². The number of hydrogen-bond donors (Lipinski definition) is 1. The average Bonchev–Trinajstić information content (AvgIpc) is 3.51. The van der Waals surface area contributed by atoms with Crippen LogP contribution < -0.4 is 9.80 Å². The predicted octanol–water partition coefficient (Wildman–Crippen LogP) is 2.73. The van der Waals surface area contributed by atoms with Crippen LogP contribution in [-0.4, -0.2) is 46.7 Å². The van der Waals surface area contributed by atoms with Crippen molar-refractivity contribution in [3.8, 4) is 0 Å². The number of piperidine rings is 1. The maximum atomic E-state index is 14.8. The summed E-state index contributed by atoms with van der Waals surface area (Å²) in [4.78, 5) is 23.8. The summed E-state index contributed by atoms with van der Waals surface area (Å²) in [5, 5.41) is 8.98. The zero-order valence-corrected chi connectivity index (χ0v) is 15.3. The number of carboxylic acids is 1. The van der Waals surface area contributed by atoms with Crippen molar-refractivity contribution in [2.24, 2.45) is 23.7 Å². The van der Waals surface area contributed by atoms with E-state index in [2.05, 4.69) is 16.9 Å². The molecular weight excluding hydrogens is 354 g/mol. The van der Waals surface area contributed by atoms with Crippen molar-refractivity contribution in [1.29, 1.82) is 0 Å². The normalized spacial score (nSPS) is 32.3. The van der Waals surface area contributed by atoms with E-state index in [1.165, 1.54) is 6.07 Å². The van der Waals surface area contributed by atoms with E-state index in [9.17, 15) is 13.6 Å². The fourth-order valence-corrected chi connectivity index (χ4v) is 4.69. The minimum absolute atomic E-state index is 0.160. The van der Waals surface area contributed by atoms with Crippen LogP contribution in [0.4, 0.5) is 20.5 Å². The number of carboxylic acid groups (broad SMARTS) is 1. The molecule has 4 aliphatic rings. The highest BCUT2D eigenvalue weighted by Gasteiger charge is 2.56. The first-order valence-electron chi connectivity index (χ1n) is 9.85. The number of aromatic nitrogens is 2. The van der Waals surface area contributed by atoms with Crippen LogP contribution in [0.2, 0.25) is 0 Å². The van der Waals surface area contributed by atoms with E-state index in [4.69, 9.17) is 5.11 Å². The highest BCUT2D eigenvalue weighted by Crippen LogP contribution is 2.55. The molecule has 4 fully saturated rings. The van der Waals surface area contributed by atoms with Gasteiger partial charge in [0.15, 0.2) is 0 Å². The number of halogens is 2. The molecular formula is C19H24F2N4O2. The Kier molecular flexibility index (Phi) is 3.65. The van der Waals surface area contributed by atoms with E-state index in [0.717, 1.165) is 13.0 Å². The third-order valence-electron chi connectivity index (χ3n) is 6.81. The Morgan fingerprint density at radius 2 is 1.96 bits per heavy atom. The molecule has 2 aliphatic carbocycles. The van der Waals surface area contributed by atoms with Gasteiger partial charge >= 0.3 is 5.97 Å². The fourth-order valence-electron chi connectivity index (χ4n) is 4.69. The highest BCUT2D eigenvalue weighted by atomic mass is 19.3. The fraction of sp³-hybridized carbons (Fsp3) is 0.737. The Balaban J connectivity index is 1.41. The monoisotopic (exact) mass is 378 g/mol. The molecule has 5 rings (SSSR count). The molecule has 1 N–H and O–H groups in total. The molecule has 4 atom stereocenters. The van der Waals surface area contributed by atoms with Crippen LogP contribution in [0.1, 0.15) is 38.3 Å². The number of carbonyl (C=O) groups is 1. The molecule has 8 heteroatoms. The lowest BCUT2D eigenvalue weighted by Crippen LogP contribution is -2.47. The first kappa shape index (κ1) is 17.1. The molecule has 2 saturated heterocycles. The van der Waals surface area contributed by atoms with Crippen molar-refractivity contribution in [2.75, 3.05) is 29.4 Å². The molecule has 1 aromatic rings. The Bertz CT molecular complexity index is 773. The lowest BCUT2D eigenvalue weighted by Gasteiger charge is -2.39. The highest BCUT2D eigenvalue weighted by molar-refractivity contribution is 5.68. The van der Waals surface area contributed by atoms with Crippen LogP contribution in [0, 0.1) is 23.7 Å². The molecule has 146 valence electrons. The zero-order valence-electron chi connectivity index (χ0n) is 15.3. The van der Waals surface area contributed by atoms with Crippen molar-refractivity contribution in [2.45, 2.75) is 44.6 Å². The number of aliphatic carboxylic acids is 1. The first-order valence-corrected chi connectivity index (χ1v) is 9.85. The number of nitrogens with zero attached hydrogens (tertiary/aromatic N) is 4. The minimum Gasteiger partial charge on any atom is -0.481 e. The second-order valence-corrected chi connectivity index (χ2v) is 8.63. The molecule has 2 unspecified atom stereocenters. The van der Waals surface area contributed by atoms with Crippen LogP contribution in [0.15, 0.2) is 6.07 Å². The van der Waals surface area contributed by atoms with Crippen LogP contribution in [0.5, 0.6) is 0 Å². The zero-order chi connectivity index (χ0) is 18.9. The van der Waals surface area contributed by atoms with Gasteiger partial charge in [0.1, 0.15) is 11.5 Å². The maximum absolute atomic E-state index is 14.8. The van der Waals surface area contributed by atoms with Crippen LogP contribution in [-0.2, 0) is 10.7 Å². The summed E-state index contributed by atoms with van der Waals surface area (Å²) in [7, 11) is 0. The SMILES string of the molecule is CC1CCN1c1nc(N2C[C@@H]3C(CC(=O)O)[C@@H]3C2)cc(C(F)(F)C2CC2)n1. The van der Waals surface area contributed by atoms with Crippen molar-refractivity contribution in [3.05, 3.63) is 11.8 Å². The Labute approximate surface area is 156 Å². The lowest BCUT2D eigenvalue weighted by atomic mass is 10.1. The van der Waals surface area contributed by atoms with Gasteiger partial charge in [-0.1, -0.05) is 0 Å². The van der Waals surface area contributed by atoms with Gasteiger partial charge in [0.05, 0.1) is 0 Å². The van der Waals surface area contributed by atoms with Crippen LogP contribution in [0.25, 0.3) is 0 Å². The van der Waals surface area contributed by atoms with E-state index < -0.39 is 17.8 Å². The van der Waals surface area contributed by atoms with Crippen molar-refractivity contribution < 1.29 is 18.7 Å². The standard InChI is InChI=1S/C19H24F2N4O2/c1-10-4-5-25(10)18-22-15(19(20,21)11-2-3-11)7-16(23-18)24-8-13-12(6-17(26)27)14(13)9-24/h7,10-14H,2-6,8-9H2,1H3,(H,26,27)/t10?,12?,13-,14+. The summed E-state index contributed by atoms with van der Waals surface area (Å²) < 4.78 is 29.5. The summed E-state index contributed by atoms with van der Waals surface area (Å²) in [6.07, 6.45) is 2.32. The van der Waals surface area contributed by atoms with E-state index in [-0.39, 0.29) is 24.1 Å². The number of alkyl halides is 2. The van der Waals surface area contributed by atoms with Gasteiger partial charge in [-0.2, -0.15) is 13.8 Å². The summed E-state index contributed by atoms with van der Waals surface area (Å²) in [5.41, 5.74) is -0.160.